The Hall–Kier alpha value is -0.665. The van der Waals surface area contributed by atoms with E-state index in [1.54, 1.807) is 12.1 Å². The fourth-order valence-electron chi connectivity index (χ4n) is 1.63. The number of rotatable bonds is 2. The first kappa shape index (κ1) is 10.8. The summed E-state index contributed by atoms with van der Waals surface area (Å²) in [6, 6.07) is 5.38. The lowest BCUT2D eigenvalue weighted by Gasteiger charge is -2.06. The van der Waals surface area contributed by atoms with E-state index in [0.29, 0.717) is 11.0 Å². The van der Waals surface area contributed by atoms with Gasteiger partial charge in [0.2, 0.25) is 6.54 Å². The highest BCUT2D eigenvalue weighted by Gasteiger charge is 2.37. The average Bonchev–Trinajstić information content (AvgIpc) is 2.42. The van der Waals surface area contributed by atoms with E-state index in [4.69, 9.17) is 4.65 Å². The van der Waals surface area contributed by atoms with Crippen LogP contribution in [0.25, 0.3) is 0 Å². The monoisotopic (exact) mass is 319 g/mol. The quantitative estimate of drug-likeness (QED) is 0.369. The fourth-order valence-corrected chi connectivity index (χ4v) is 2.15. The summed E-state index contributed by atoms with van der Waals surface area (Å²) in [6.45, 7) is -0.315. The van der Waals surface area contributed by atoms with Crippen LogP contribution < -0.4 is 5.46 Å². The molecule has 1 unspecified atom stereocenters. The van der Waals surface area contributed by atoms with E-state index in [1.165, 1.54) is 0 Å². The maximum absolute atomic E-state index is 10.4. The van der Waals surface area contributed by atoms with Crippen molar-refractivity contribution in [2.24, 2.45) is 0 Å². The molecule has 1 aliphatic heterocycles. The molecule has 1 aromatic rings. The van der Waals surface area contributed by atoms with Crippen LogP contribution >= 0.6 is 22.6 Å². The summed E-state index contributed by atoms with van der Waals surface area (Å²) in [6.07, 6.45) is -0.637. The molecule has 0 saturated heterocycles. The first-order valence-electron chi connectivity index (χ1n) is 4.32. The minimum atomic E-state index is -1.04. The van der Waals surface area contributed by atoms with E-state index in [2.05, 4.69) is 22.6 Å². The predicted molar refractivity (Wildman–Crippen MR) is 62.5 cm³/mol. The van der Waals surface area contributed by atoms with Gasteiger partial charge in [-0.1, -0.05) is 6.07 Å². The summed E-state index contributed by atoms with van der Waals surface area (Å²) in [5.74, 6) is 0. The second-order valence-electron chi connectivity index (χ2n) is 3.27. The first-order chi connectivity index (χ1) is 7.08. The van der Waals surface area contributed by atoms with Crippen LogP contribution in [-0.4, -0.2) is 23.6 Å². The summed E-state index contributed by atoms with van der Waals surface area (Å²) >= 11 is 2.12. The van der Waals surface area contributed by atoms with Crippen molar-refractivity contribution >= 4 is 35.2 Å². The molecule has 0 aliphatic carbocycles. The topological polar surface area (TPSA) is 72.6 Å². The van der Waals surface area contributed by atoms with E-state index in [-0.39, 0.29) is 6.54 Å². The van der Waals surface area contributed by atoms with Crippen LogP contribution in [0.1, 0.15) is 11.7 Å². The fraction of sp³-hybridized carbons (Fsp3) is 0.250. The van der Waals surface area contributed by atoms with Crippen molar-refractivity contribution in [2.45, 2.75) is 6.10 Å². The summed E-state index contributed by atoms with van der Waals surface area (Å²) in [4.78, 5) is 9.94. The highest BCUT2D eigenvalue weighted by molar-refractivity contribution is 14.1. The lowest BCUT2D eigenvalue weighted by molar-refractivity contribution is -0.490. The smallest absolute Gasteiger partial charge is 0.423 e. The van der Waals surface area contributed by atoms with Crippen LogP contribution in [0.2, 0.25) is 0 Å². The zero-order valence-electron chi connectivity index (χ0n) is 7.59. The summed E-state index contributed by atoms with van der Waals surface area (Å²) in [5.41, 5.74) is 1.34. The number of halogens is 1. The van der Waals surface area contributed by atoms with Crippen LogP contribution in [0.4, 0.5) is 0 Å². The van der Waals surface area contributed by atoms with Crippen LogP contribution in [0.3, 0.4) is 0 Å². The van der Waals surface area contributed by atoms with Gasteiger partial charge in [0, 0.05) is 8.49 Å². The largest absolute Gasteiger partial charge is 0.492 e. The van der Waals surface area contributed by atoms with Gasteiger partial charge in [0.25, 0.3) is 0 Å². The number of fused-ring (bicyclic) bond motifs is 1. The first-order valence-corrected chi connectivity index (χ1v) is 5.40. The third-order valence-corrected chi connectivity index (χ3v) is 2.94. The van der Waals surface area contributed by atoms with Gasteiger partial charge >= 0.3 is 7.12 Å². The molecule has 7 heteroatoms. The van der Waals surface area contributed by atoms with Crippen molar-refractivity contribution in [3.63, 3.8) is 0 Å². The Morgan fingerprint density at radius 3 is 3.07 bits per heavy atom. The third-order valence-electron chi connectivity index (χ3n) is 2.27. The van der Waals surface area contributed by atoms with Gasteiger partial charge < -0.3 is 9.68 Å². The molecule has 0 amide bonds. The van der Waals surface area contributed by atoms with Crippen molar-refractivity contribution in [1.29, 1.82) is 0 Å². The molecular formula is C8H7BINO4. The zero-order chi connectivity index (χ0) is 11.0. The van der Waals surface area contributed by atoms with E-state index in [1.807, 2.05) is 6.07 Å². The number of hydrogen-bond donors (Lipinski definition) is 1. The number of benzene rings is 1. The number of nitro groups is 1. The molecule has 1 N–H and O–H groups in total. The molecule has 2 rings (SSSR count). The van der Waals surface area contributed by atoms with Crippen LogP contribution in [0, 0.1) is 13.7 Å². The van der Waals surface area contributed by atoms with Crippen molar-refractivity contribution in [1.82, 2.24) is 0 Å². The van der Waals surface area contributed by atoms with Gasteiger partial charge in [-0.05, 0) is 45.7 Å². The van der Waals surface area contributed by atoms with Gasteiger partial charge in [-0.15, -0.1) is 0 Å². The minimum Gasteiger partial charge on any atom is -0.423 e. The van der Waals surface area contributed by atoms with E-state index < -0.39 is 18.1 Å². The van der Waals surface area contributed by atoms with Gasteiger partial charge in [-0.25, -0.2) is 0 Å². The molecule has 1 heterocycles. The van der Waals surface area contributed by atoms with E-state index >= 15 is 0 Å². The zero-order valence-corrected chi connectivity index (χ0v) is 9.75. The SMILES string of the molecule is O=[N+]([O-])CC1OB(O)c2cc(I)ccc21. The van der Waals surface area contributed by atoms with Crippen LogP contribution in [0.5, 0.6) is 0 Å². The molecule has 0 bridgehead atoms. The molecular weight excluding hydrogens is 312 g/mol. The molecule has 0 saturated carbocycles. The average molecular weight is 319 g/mol. The van der Waals surface area contributed by atoms with Crippen molar-refractivity contribution < 1.29 is 14.6 Å². The van der Waals surface area contributed by atoms with Crippen molar-refractivity contribution in [2.75, 3.05) is 6.54 Å². The highest BCUT2D eigenvalue weighted by atomic mass is 127. The summed E-state index contributed by atoms with van der Waals surface area (Å²) in [7, 11) is -1.04. The Labute approximate surface area is 99.9 Å². The van der Waals surface area contributed by atoms with Gasteiger partial charge in [0.15, 0.2) is 0 Å². The van der Waals surface area contributed by atoms with Gasteiger partial charge in [-0.2, -0.15) is 0 Å². The number of nitrogens with zero attached hydrogens (tertiary/aromatic N) is 1. The highest BCUT2D eigenvalue weighted by Crippen LogP contribution is 2.24. The van der Waals surface area contributed by atoms with Crippen LogP contribution in [0.15, 0.2) is 18.2 Å². The summed E-state index contributed by atoms with van der Waals surface area (Å²) < 4.78 is 6.08. The standard InChI is InChI=1S/C8H7BINO4/c10-5-1-2-6-7(3-5)9(12)15-8(6)4-11(13)14/h1-3,8,12H,4H2. The number of hydrogen-bond acceptors (Lipinski definition) is 4. The maximum Gasteiger partial charge on any atom is 0.492 e. The van der Waals surface area contributed by atoms with Gasteiger partial charge in [0.05, 0.1) is 0 Å². The molecule has 1 atom stereocenters. The lowest BCUT2D eigenvalue weighted by Crippen LogP contribution is -2.28. The second kappa shape index (κ2) is 4.07. The second-order valence-corrected chi connectivity index (χ2v) is 4.51. The van der Waals surface area contributed by atoms with Gasteiger partial charge in [0.1, 0.15) is 6.10 Å². The molecule has 1 aromatic carbocycles. The molecule has 15 heavy (non-hydrogen) atoms. The Bertz CT molecular complexity index is 414. The van der Waals surface area contributed by atoms with E-state index in [9.17, 15) is 15.1 Å². The molecule has 1 aliphatic rings. The predicted octanol–water partition coefficient (Wildman–Crippen LogP) is 0.327. The van der Waals surface area contributed by atoms with E-state index in [0.717, 1.165) is 3.57 Å². The molecule has 0 fully saturated rings. The Kier molecular flexibility index (Phi) is 2.94. The molecule has 0 spiro atoms. The molecule has 0 aromatic heterocycles. The molecule has 5 nitrogen and oxygen atoms in total. The lowest BCUT2D eigenvalue weighted by atomic mass is 9.79. The van der Waals surface area contributed by atoms with Crippen molar-refractivity contribution in [3.8, 4) is 0 Å². The Morgan fingerprint density at radius 2 is 2.40 bits per heavy atom. The molecule has 78 valence electrons. The molecule has 0 radical (unpaired) electrons. The van der Waals surface area contributed by atoms with Crippen LogP contribution in [-0.2, 0) is 4.65 Å². The van der Waals surface area contributed by atoms with Crippen molar-refractivity contribution in [3.05, 3.63) is 37.4 Å². The van der Waals surface area contributed by atoms with Gasteiger partial charge in [-0.3, -0.25) is 10.1 Å². The Morgan fingerprint density at radius 1 is 1.67 bits per heavy atom. The maximum atomic E-state index is 10.4. The Balaban J connectivity index is 2.33. The minimum absolute atomic E-state index is 0.315. The third kappa shape index (κ3) is 2.13. The normalized spacial score (nSPS) is 19.1. The summed E-state index contributed by atoms with van der Waals surface area (Å²) in [5, 5.41) is 19.9.